The highest BCUT2D eigenvalue weighted by molar-refractivity contribution is 6.31. The highest BCUT2D eigenvalue weighted by Crippen LogP contribution is 2.34. The van der Waals surface area contributed by atoms with E-state index in [4.69, 9.17) is 11.6 Å². The van der Waals surface area contributed by atoms with E-state index in [1.54, 1.807) is 7.05 Å². The molecule has 1 N–H and O–H groups in total. The zero-order chi connectivity index (χ0) is 12.3. The second-order valence-corrected chi connectivity index (χ2v) is 3.55. The normalized spacial score (nSPS) is 11.6. The number of benzene rings is 1. The largest absolute Gasteiger partial charge is 0.417 e. The van der Waals surface area contributed by atoms with Crippen molar-refractivity contribution >= 4 is 17.4 Å². The summed E-state index contributed by atoms with van der Waals surface area (Å²) in [6.07, 6.45) is -4.50. The number of halogens is 4. The van der Waals surface area contributed by atoms with Gasteiger partial charge in [-0.15, -0.1) is 0 Å². The lowest BCUT2D eigenvalue weighted by Gasteiger charge is -2.09. The Morgan fingerprint density at radius 1 is 1.44 bits per heavy atom. The quantitative estimate of drug-likeness (QED) is 0.837. The smallest absolute Gasteiger partial charge is 0.313 e. The van der Waals surface area contributed by atoms with Crippen LogP contribution in [0.5, 0.6) is 0 Å². The molecule has 0 heterocycles. The number of hydrogen-bond acceptors (Lipinski definition) is 2. The van der Waals surface area contributed by atoms with Gasteiger partial charge in [0.15, 0.2) is 5.78 Å². The zero-order valence-electron chi connectivity index (χ0n) is 8.36. The van der Waals surface area contributed by atoms with Gasteiger partial charge in [-0.3, -0.25) is 4.79 Å². The number of alkyl halides is 3. The minimum atomic E-state index is -4.50. The molecule has 0 spiro atoms. The van der Waals surface area contributed by atoms with Gasteiger partial charge >= 0.3 is 6.18 Å². The molecule has 0 atom stereocenters. The van der Waals surface area contributed by atoms with Crippen LogP contribution in [0.15, 0.2) is 18.2 Å². The summed E-state index contributed by atoms with van der Waals surface area (Å²) < 4.78 is 37.0. The summed E-state index contributed by atoms with van der Waals surface area (Å²) in [6, 6.07) is 2.96. The average Bonchev–Trinajstić information content (AvgIpc) is 2.16. The van der Waals surface area contributed by atoms with Gasteiger partial charge in [0.2, 0.25) is 0 Å². The van der Waals surface area contributed by atoms with Gasteiger partial charge in [-0.25, -0.2) is 0 Å². The first kappa shape index (κ1) is 13.0. The van der Waals surface area contributed by atoms with Crippen molar-refractivity contribution < 1.29 is 18.0 Å². The summed E-state index contributed by atoms with van der Waals surface area (Å²) >= 11 is 5.47. The first-order valence-electron chi connectivity index (χ1n) is 4.41. The number of carbonyl (C=O) groups excluding carboxylic acids is 1. The molecule has 1 rings (SSSR count). The van der Waals surface area contributed by atoms with Crippen molar-refractivity contribution in [3.8, 4) is 0 Å². The molecule has 2 nitrogen and oxygen atoms in total. The summed E-state index contributed by atoms with van der Waals surface area (Å²) in [5, 5.41) is 2.15. The van der Waals surface area contributed by atoms with Crippen LogP contribution in [0.2, 0.25) is 5.02 Å². The van der Waals surface area contributed by atoms with Crippen molar-refractivity contribution in [1.82, 2.24) is 5.32 Å². The first-order valence-corrected chi connectivity index (χ1v) is 4.78. The Labute approximate surface area is 95.4 Å². The Kier molecular flexibility index (Phi) is 3.93. The van der Waals surface area contributed by atoms with Gasteiger partial charge in [0, 0.05) is 5.56 Å². The lowest BCUT2D eigenvalue weighted by molar-refractivity contribution is -0.137. The van der Waals surface area contributed by atoms with Crippen molar-refractivity contribution in [2.45, 2.75) is 6.18 Å². The Bertz CT molecular complexity index is 404. The van der Waals surface area contributed by atoms with Crippen molar-refractivity contribution in [3.63, 3.8) is 0 Å². The number of hydrogen-bond donors (Lipinski definition) is 1. The molecule has 0 saturated heterocycles. The third-order valence-electron chi connectivity index (χ3n) is 1.93. The summed E-state index contributed by atoms with van der Waals surface area (Å²) in [4.78, 5) is 11.4. The molecule has 6 heteroatoms. The maximum atomic E-state index is 12.3. The SMILES string of the molecule is CNCC(=O)c1ccc(C(F)(F)F)c(Cl)c1. The highest BCUT2D eigenvalue weighted by Gasteiger charge is 2.33. The summed E-state index contributed by atoms with van der Waals surface area (Å²) in [7, 11) is 1.57. The average molecular weight is 252 g/mol. The predicted molar refractivity (Wildman–Crippen MR) is 54.7 cm³/mol. The van der Waals surface area contributed by atoms with Crippen LogP contribution in [0, 0.1) is 0 Å². The number of Topliss-reactive ketones (excluding diaryl/α,β-unsaturated/α-hetero) is 1. The monoisotopic (exact) mass is 251 g/mol. The fraction of sp³-hybridized carbons (Fsp3) is 0.300. The van der Waals surface area contributed by atoms with Gasteiger partial charge in [0.25, 0.3) is 0 Å². The van der Waals surface area contributed by atoms with E-state index in [9.17, 15) is 18.0 Å². The van der Waals surface area contributed by atoms with E-state index in [1.807, 2.05) is 0 Å². The van der Waals surface area contributed by atoms with E-state index in [-0.39, 0.29) is 17.9 Å². The Hall–Kier alpha value is -1.07. The molecule has 16 heavy (non-hydrogen) atoms. The topological polar surface area (TPSA) is 29.1 Å². The van der Waals surface area contributed by atoms with Crippen LogP contribution in [0.25, 0.3) is 0 Å². The highest BCUT2D eigenvalue weighted by atomic mass is 35.5. The van der Waals surface area contributed by atoms with Gasteiger partial charge in [-0.2, -0.15) is 13.2 Å². The second kappa shape index (κ2) is 4.84. The Balaban J connectivity index is 3.05. The van der Waals surface area contributed by atoms with Crippen LogP contribution in [-0.2, 0) is 6.18 Å². The van der Waals surface area contributed by atoms with Gasteiger partial charge in [0.1, 0.15) is 0 Å². The number of nitrogens with one attached hydrogen (secondary N) is 1. The zero-order valence-corrected chi connectivity index (χ0v) is 9.12. The molecule has 0 aliphatic heterocycles. The van der Waals surface area contributed by atoms with Crippen LogP contribution < -0.4 is 5.32 Å². The molecule has 1 aromatic rings. The van der Waals surface area contributed by atoms with E-state index in [2.05, 4.69) is 5.32 Å². The van der Waals surface area contributed by atoms with Crippen LogP contribution in [0.3, 0.4) is 0 Å². The van der Waals surface area contributed by atoms with E-state index in [0.717, 1.165) is 18.2 Å². The standard InChI is InChI=1S/C10H9ClF3NO/c1-15-5-9(16)6-2-3-7(8(11)4-6)10(12,13)14/h2-4,15H,5H2,1H3. The fourth-order valence-corrected chi connectivity index (χ4v) is 1.47. The first-order chi connectivity index (χ1) is 7.36. The molecule has 1 aromatic carbocycles. The van der Waals surface area contributed by atoms with E-state index in [0.29, 0.717) is 0 Å². The number of rotatable bonds is 3. The maximum Gasteiger partial charge on any atom is 0.417 e. The number of carbonyl (C=O) groups is 1. The van der Waals surface area contributed by atoms with E-state index >= 15 is 0 Å². The molecule has 0 aliphatic rings. The summed E-state index contributed by atoms with van der Waals surface area (Å²) in [5.41, 5.74) is -0.775. The number of likely N-dealkylation sites (N-methyl/N-ethyl adjacent to an activating group) is 1. The predicted octanol–water partition coefficient (Wildman–Crippen LogP) is 2.76. The van der Waals surface area contributed by atoms with Crippen LogP contribution in [0.1, 0.15) is 15.9 Å². The van der Waals surface area contributed by atoms with Gasteiger partial charge in [-0.05, 0) is 19.2 Å². The molecular weight excluding hydrogens is 243 g/mol. The molecule has 88 valence electrons. The minimum Gasteiger partial charge on any atom is -0.313 e. The lowest BCUT2D eigenvalue weighted by atomic mass is 10.1. The molecule has 0 radical (unpaired) electrons. The minimum absolute atomic E-state index is 0.0572. The summed E-state index contributed by atoms with van der Waals surface area (Å²) in [5.74, 6) is -0.307. The second-order valence-electron chi connectivity index (χ2n) is 3.15. The van der Waals surface area contributed by atoms with Crippen molar-refractivity contribution in [1.29, 1.82) is 0 Å². The molecule has 0 fully saturated rings. The molecule has 0 saturated carbocycles. The summed E-state index contributed by atoms with van der Waals surface area (Å²) in [6.45, 7) is 0.0572. The third kappa shape index (κ3) is 2.96. The van der Waals surface area contributed by atoms with Crippen LogP contribution in [-0.4, -0.2) is 19.4 Å². The van der Waals surface area contributed by atoms with Crippen LogP contribution >= 0.6 is 11.6 Å². The van der Waals surface area contributed by atoms with Crippen molar-refractivity contribution in [2.75, 3.05) is 13.6 Å². The third-order valence-corrected chi connectivity index (χ3v) is 2.25. The lowest BCUT2D eigenvalue weighted by Crippen LogP contribution is -2.18. The fourth-order valence-electron chi connectivity index (χ4n) is 1.18. The molecular formula is C10H9ClF3NO. The molecule has 0 unspecified atom stereocenters. The molecule has 0 aliphatic carbocycles. The van der Waals surface area contributed by atoms with Gasteiger partial charge in [0.05, 0.1) is 17.1 Å². The maximum absolute atomic E-state index is 12.3. The Morgan fingerprint density at radius 3 is 2.50 bits per heavy atom. The molecule has 0 amide bonds. The number of ketones is 1. The van der Waals surface area contributed by atoms with E-state index < -0.39 is 16.8 Å². The van der Waals surface area contributed by atoms with Gasteiger partial charge in [-0.1, -0.05) is 17.7 Å². The van der Waals surface area contributed by atoms with Crippen molar-refractivity contribution in [3.05, 3.63) is 34.3 Å². The van der Waals surface area contributed by atoms with Gasteiger partial charge < -0.3 is 5.32 Å². The molecule has 0 bridgehead atoms. The van der Waals surface area contributed by atoms with Crippen LogP contribution in [0.4, 0.5) is 13.2 Å². The van der Waals surface area contributed by atoms with Crippen molar-refractivity contribution in [2.24, 2.45) is 0 Å². The van der Waals surface area contributed by atoms with E-state index in [1.165, 1.54) is 0 Å². The Morgan fingerprint density at radius 2 is 2.06 bits per heavy atom. The molecule has 0 aromatic heterocycles.